The van der Waals surface area contributed by atoms with Crippen LogP contribution in [0, 0.1) is 0 Å². The van der Waals surface area contributed by atoms with Crippen LogP contribution in [0.1, 0.15) is 74.5 Å². The SMILES string of the molecule is CCCCCCCCCn1c(CCCNC(=O)c2cccnc2)nc2ccccc21. The van der Waals surface area contributed by atoms with Crippen LogP contribution < -0.4 is 5.32 Å². The lowest BCUT2D eigenvalue weighted by atomic mass is 10.1. The van der Waals surface area contributed by atoms with E-state index in [4.69, 9.17) is 4.98 Å². The molecule has 160 valence electrons. The minimum atomic E-state index is -0.0697. The van der Waals surface area contributed by atoms with Crippen LogP contribution in [0.3, 0.4) is 0 Å². The third-order valence-electron chi connectivity index (χ3n) is 5.51. The summed E-state index contributed by atoms with van der Waals surface area (Å²) in [7, 11) is 0. The minimum absolute atomic E-state index is 0.0697. The van der Waals surface area contributed by atoms with Gasteiger partial charge in [0.15, 0.2) is 0 Å². The predicted octanol–water partition coefficient (Wildman–Crippen LogP) is 5.54. The van der Waals surface area contributed by atoms with Crippen molar-refractivity contribution in [2.24, 2.45) is 0 Å². The maximum atomic E-state index is 12.2. The van der Waals surface area contributed by atoms with Crippen LogP contribution in [0.2, 0.25) is 0 Å². The molecule has 0 aliphatic heterocycles. The van der Waals surface area contributed by atoms with Crippen LogP contribution in [0.4, 0.5) is 0 Å². The van der Waals surface area contributed by atoms with Crippen LogP contribution in [-0.4, -0.2) is 27.0 Å². The Morgan fingerprint density at radius 1 is 0.967 bits per heavy atom. The second-order valence-electron chi connectivity index (χ2n) is 7.89. The van der Waals surface area contributed by atoms with Gasteiger partial charge in [0, 0.05) is 31.9 Å². The van der Waals surface area contributed by atoms with Gasteiger partial charge in [-0.05, 0) is 37.1 Å². The van der Waals surface area contributed by atoms with Crippen molar-refractivity contribution in [1.82, 2.24) is 19.9 Å². The van der Waals surface area contributed by atoms with Gasteiger partial charge in [-0.3, -0.25) is 9.78 Å². The first-order chi connectivity index (χ1) is 14.8. The molecule has 5 heteroatoms. The Labute approximate surface area is 179 Å². The van der Waals surface area contributed by atoms with Gasteiger partial charge in [-0.25, -0.2) is 4.98 Å². The van der Waals surface area contributed by atoms with Gasteiger partial charge in [0.1, 0.15) is 5.82 Å². The number of pyridine rings is 1. The van der Waals surface area contributed by atoms with Crippen molar-refractivity contribution in [3.8, 4) is 0 Å². The number of aryl methyl sites for hydroxylation is 2. The average Bonchev–Trinajstić information content (AvgIpc) is 3.14. The molecular formula is C25H34N4O. The van der Waals surface area contributed by atoms with Gasteiger partial charge in [0.25, 0.3) is 5.91 Å². The van der Waals surface area contributed by atoms with E-state index in [1.807, 2.05) is 6.07 Å². The van der Waals surface area contributed by atoms with E-state index in [2.05, 4.69) is 40.0 Å². The summed E-state index contributed by atoms with van der Waals surface area (Å²) in [6.07, 6.45) is 14.1. The Morgan fingerprint density at radius 2 is 1.77 bits per heavy atom. The van der Waals surface area contributed by atoms with E-state index < -0.39 is 0 Å². The molecule has 0 aliphatic carbocycles. The number of hydrogen-bond acceptors (Lipinski definition) is 3. The molecule has 5 nitrogen and oxygen atoms in total. The highest BCUT2D eigenvalue weighted by molar-refractivity contribution is 5.93. The zero-order valence-corrected chi connectivity index (χ0v) is 18.1. The summed E-state index contributed by atoms with van der Waals surface area (Å²) in [5, 5.41) is 2.98. The fourth-order valence-corrected chi connectivity index (χ4v) is 3.84. The summed E-state index contributed by atoms with van der Waals surface area (Å²) in [6, 6.07) is 11.9. The van der Waals surface area contributed by atoms with E-state index in [1.165, 1.54) is 50.5 Å². The van der Waals surface area contributed by atoms with Gasteiger partial charge >= 0.3 is 0 Å². The summed E-state index contributed by atoms with van der Waals surface area (Å²) >= 11 is 0. The molecule has 1 N–H and O–H groups in total. The predicted molar refractivity (Wildman–Crippen MR) is 123 cm³/mol. The number of rotatable bonds is 13. The van der Waals surface area contributed by atoms with Gasteiger partial charge < -0.3 is 9.88 Å². The van der Waals surface area contributed by atoms with Gasteiger partial charge in [0.05, 0.1) is 16.6 Å². The Morgan fingerprint density at radius 3 is 2.57 bits per heavy atom. The van der Waals surface area contributed by atoms with Crippen molar-refractivity contribution < 1.29 is 4.79 Å². The number of imidazole rings is 1. The first kappa shape index (κ1) is 22.0. The number of aromatic nitrogens is 3. The van der Waals surface area contributed by atoms with Crippen LogP contribution in [-0.2, 0) is 13.0 Å². The number of unbranched alkanes of at least 4 members (excludes halogenated alkanes) is 6. The highest BCUT2D eigenvalue weighted by Crippen LogP contribution is 2.19. The number of para-hydroxylation sites is 2. The molecule has 3 rings (SSSR count). The van der Waals surface area contributed by atoms with E-state index in [9.17, 15) is 4.79 Å². The summed E-state index contributed by atoms with van der Waals surface area (Å²) in [6.45, 7) is 3.91. The molecule has 30 heavy (non-hydrogen) atoms. The van der Waals surface area contributed by atoms with E-state index >= 15 is 0 Å². The van der Waals surface area contributed by atoms with E-state index in [-0.39, 0.29) is 5.91 Å². The molecule has 0 unspecified atom stereocenters. The third kappa shape index (κ3) is 6.41. The fraction of sp³-hybridized carbons (Fsp3) is 0.480. The van der Waals surface area contributed by atoms with Crippen molar-refractivity contribution >= 4 is 16.9 Å². The molecule has 0 spiro atoms. The first-order valence-electron chi connectivity index (χ1n) is 11.4. The average molecular weight is 407 g/mol. The monoisotopic (exact) mass is 406 g/mol. The zero-order chi connectivity index (χ0) is 21.0. The lowest BCUT2D eigenvalue weighted by Crippen LogP contribution is -2.25. The van der Waals surface area contributed by atoms with Crippen molar-refractivity contribution in [3.63, 3.8) is 0 Å². The third-order valence-corrected chi connectivity index (χ3v) is 5.51. The Bertz CT molecular complexity index is 904. The standard InChI is InChI=1S/C25H34N4O/c1-2-3-4-5-6-7-10-19-29-23-15-9-8-14-22(23)28-24(29)16-12-18-27-25(30)21-13-11-17-26-20-21/h8-9,11,13-15,17,20H,2-7,10,12,16,18-19H2,1H3,(H,27,30). The van der Waals surface area contributed by atoms with Gasteiger partial charge in [-0.15, -0.1) is 0 Å². The number of fused-ring (bicyclic) bond motifs is 1. The lowest BCUT2D eigenvalue weighted by molar-refractivity contribution is 0.0952. The van der Waals surface area contributed by atoms with Crippen molar-refractivity contribution in [1.29, 1.82) is 0 Å². The molecule has 0 aliphatic rings. The van der Waals surface area contributed by atoms with E-state index in [0.717, 1.165) is 30.7 Å². The lowest BCUT2D eigenvalue weighted by Gasteiger charge is -2.10. The number of carbonyl (C=O) groups is 1. The molecule has 2 aromatic heterocycles. The molecule has 0 saturated heterocycles. The normalized spacial score (nSPS) is 11.1. The van der Waals surface area contributed by atoms with E-state index in [1.54, 1.807) is 24.5 Å². The molecule has 0 atom stereocenters. The highest BCUT2D eigenvalue weighted by Gasteiger charge is 2.10. The second-order valence-corrected chi connectivity index (χ2v) is 7.89. The second kappa shape index (κ2) is 12.1. The minimum Gasteiger partial charge on any atom is -0.352 e. The van der Waals surface area contributed by atoms with Gasteiger partial charge in [0.2, 0.25) is 0 Å². The molecule has 0 fully saturated rings. The largest absolute Gasteiger partial charge is 0.352 e. The summed E-state index contributed by atoms with van der Waals surface area (Å²) in [5.74, 6) is 1.05. The Kier molecular flexibility index (Phi) is 8.88. The first-order valence-corrected chi connectivity index (χ1v) is 11.4. The maximum Gasteiger partial charge on any atom is 0.252 e. The number of nitrogens with zero attached hydrogens (tertiary/aromatic N) is 3. The number of hydrogen-bond donors (Lipinski definition) is 1. The summed E-state index contributed by atoms with van der Waals surface area (Å²) < 4.78 is 2.38. The zero-order valence-electron chi connectivity index (χ0n) is 18.1. The van der Waals surface area contributed by atoms with Gasteiger partial charge in [-0.1, -0.05) is 57.6 Å². The topological polar surface area (TPSA) is 59.8 Å². The van der Waals surface area contributed by atoms with Crippen LogP contribution in [0.25, 0.3) is 11.0 Å². The molecule has 3 aromatic rings. The molecule has 1 amide bonds. The molecule has 0 bridgehead atoms. The molecule has 0 saturated carbocycles. The number of amides is 1. The number of benzene rings is 1. The molecule has 1 aromatic carbocycles. The Balaban J connectivity index is 1.50. The maximum absolute atomic E-state index is 12.2. The van der Waals surface area contributed by atoms with Crippen LogP contribution in [0.5, 0.6) is 0 Å². The smallest absolute Gasteiger partial charge is 0.252 e. The molecule has 2 heterocycles. The quantitative estimate of drug-likeness (QED) is 0.379. The van der Waals surface area contributed by atoms with Crippen molar-refractivity contribution in [2.75, 3.05) is 6.54 Å². The van der Waals surface area contributed by atoms with Crippen molar-refractivity contribution in [2.45, 2.75) is 71.3 Å². The summed E-state index contributed by atoms with van der Waals surface area (Å²) in [4.78, 5) is 21.0. The Hall–Kier alpha value is -2.69. The van der Waals surface area contributed by atoms with Gasteiger partial charge in [-0.2, -0.15) is 0 Å². The molecule has 0 radical (unpaired) electrons. The molecular weight excluding hydrogens is 372 g/mol. The summed E-state index contributed by atoms with van der Waals surface area (Å²) in [5.41, 5.74) is 2.89. The number of carbonyl (C=O) groups excluding carboxylic acids is 1. The van der Waals surface area contributed by atoms with Crippen molar-refractivity contribution in [3.05, 3.63) is 60.2 Å². The van der Waals surface area contributed by atoms with E-state index in [0.29, 0.717) is 12.1 Å². The highest BCUT2D eigenvalue weighted by atomic mass is 16.1. The fourth-order valence-electron chi connectivity index (χ4n) is 3.84. The number of nitrogens with one attached hydrogen (secondary N) is 1. The van der Waals surface area contributed by atoms with Crippen LogP contribution in [0.15, 0.2) is 48.8 Å². The van der Waals surface area contributed by atoms with Crippen LogP contribution >= 0.6 is 0 Å².